The van der Waals surface area contributed by atoms with Gasteiger partial charge >= 0.3 is 0 Å². The number of hydrogen-bond donors (Lipinski definition) is 1. The Hall–Kier alpha value is -2.37. The average Bonchev–Trinajstić information content (AvgIpc) is 2.36. The molecule has 3 rings (SSSR count). The molecule has 2 aromatic rings. The van der Waals surface area contributed by atoms with Crippen LogP contribution in [0.5, 0.6) is 5.88 Å². The number of anilines is 3. The summed E-state index contributed by atoms with van der Waals surface area (Å²) in [5.41, 5.74) is 5.58. The Bertz CT molecular complexity index is 626. The molecule has 2 heterocycles. The molecule has 2 bridgehead atoms. The molecular weight excluding hydrogens is 247 g/mol. The molecule has 0 saturated carbocycles. The summed E-state index contributed by atoms with van der Waals surface area (Å²) in [6.07, 6.45) is 0. The van der Waals surface area contributed by atoms with Gasteiger partial charge in [-0.05, 0) is 26.0 Å². The molecule has 1 aliphatic heterocycles. The predicted molar refractivity (Wildman–Crippen MR) is 69.7 cm³/mol. The number of halogens is 1. The van der Waals surface area contributed by atoms with Gasteiger partial charge in [0.2, 0.25) is 11.8 Å². The molecule has 0 radical (unpaired) electrons. The van der Waals surface area contributed by atoms with E-state index >= 15 is 0 Å². The summed E-state index contributed by atoms with van der Waals surface area (Å²) < 4.78 is 19.3. The van der Waals surface area contributed by atoms with Gasteiger partial charge in [0.25, 0.3) is 5.88 Å². The molecular formula is C13H13FN4O. The van der Waals surface area contributed by atoms with Crippen molar-refractivity contribution < 1.29 is 9.13 Å². The summed E-state index contributed by atoms with van der Waals surface area (Å²) in [7, 11) is 0. The van der Waals surface area contributed by atoms with Crippen LogP contribution in [0.2, 0.25) is 0 Å². The van der Waals surface area contributed by atoms with Gasteiger partial charge in [0.1, 0.15) is 0 Å². The second-order valence-electron chi connectivity index (χ2n) is 4.75. The molecule has 6 heteroatoms. The zero-order chi connectivity index (χ0) is 13.6. The van der Waals surface area contributed by atoms with E-state index in [0.717, 1.165) is 5.69 Å². The average molecular weight is 260 g/mol. The molecule has 2 N–H and O–H groups in total. The number of nitrogens with zero attached hydrogens (tertiary/aromatic N) is 3. The lowest BCUT2D eigenvalue weighted by Crippen LogP contribution is -2.49. The molecule has 1 aromatic heterocycles. The molecule has 0 saturated heterocycles. The Labute approximate surface area is 109 Å². The van der Waals surface area contributed by atoms with Crippen LogP contribution in [0, 0.1) is 5.82 Å². The lowest BCUT2D eigenvalue weighted by atomic mass is 10.2. The van der Waals surface area contributed by atoms with Gasteiger partial charge in [0, 0.05) is 5.69 Å². The molecule has 0 atom stereocenters. The first-order valence-corrected chi connectivity index (χ1v) is 5.86. The summed E-state index contributed by atoms with van der Waals surface area (Å²) in [6.45, 7) is 3.64. The summed E-state index contributed by atoms with van der Waals surface area (Å²) in [6, 6.07) is 9.51. The van der Waals surface area contributed by atoms with E-state index in [1.54, 1.807) is 4.90 Å². The Balaban J connectivity index is 2.19. The number of rotatable bonds is 1. The van der Waals surface area contributed by atoms with Crippen LogP contribution in [-0.2, 0) is 0 Å². The van der Waals surface area contributed by atoms with E-state index in [-0.39, 0.29) is 11.7 Å². The highest BCUT2D eigenvalue weighted by Crippen LogP contribution is 2.39. The van der Waals surface area contributed by atoms with Crippen LogP contribution in [0.4, 0.5) is 21.8 Å². The van der Waals surface area contributed by atoms with Gasteiger partial charge in [-0.1, -0.05) is 18.2 Å². The molecule has 0 unspecified atom stereocenters. The highest BCUT2D eigenvalue weighted by molar-refractivity contribution is 5.62. The summed E-state index contributed by atoms with van der Waals surface area (Å²) in [4.78, 5) is 9.80. The van der Waals surface area contributed by atoms with Gasteiger partial charge in [0.05, 0.1) is 0 Å². The van der Waals surface area contributed by atoms with Gasteiger partial charge in [-0.15, -0.1) is 0 Å². The Morgan fingerprint density at radius 1 is 1.21 bits per heavy atom. The first-order chi connectivity index (χ1) is 8.99. The second-order valence-corrected chi connectivity index (χ2v) is 4.75. The van der Waals surface area contributed by atoms with Crippen LogP contribution in [0.3, 0.4) is 0 Å². The van der Waals surface area contributed by atoms with Crippen molar-refractivity contribution in [2.45, 2.75) is 19.6 Å². The molecule has 5 nitrogen and oxygen atoms in total. The molecule has 0 aliphatic carbocycles. The Morgan fingerprint density at radius 3 is 2.58 bits per heavy atom. The number of hydrogen-bond acceptors (Lipinski definition) is 5. The third-order valence-corrected chi connectivity index (χ3v) is 2.93. The number of para-hydroxylation sites is 1. The maximum absolute atomic E-state index is 13.7. The van der Waals surface area contributed by atoms with Crippen molar-refractivity contribution in [1.82, 2.24) is 9.97 Å². The van der Waals surface area contributed by atoms with E-state index in [0.29, 0.717) is 5.95 Å². The van der Waals surface area contributed by atoms with Gasteiger partial charge in [-0.2, -0.15) is 14.4 Å². The standard InChI is InChI=1S/C13H13FN4O/c1-13(2)18(8-6-4-3-5-7-8)12-16-10(15)9(14)11(17-12)19-13/h3-7H,1-2H3,(H2,15,16,17). The fraction of sp³-hybridized carbons (Fsp3) is 0.231. The fourth-order valence-electron chi connectivity index (χ4n) is 2.13. The lowest BCUT2D eigenvalue weighted by molar-refractivity contribution is 0.0908. The van der Waals surface area contributed by atoms with E-state index in [2.05, 4.69) is 9.97 Å². The maximum Gasteiger partial charge on any atom is 0.259 e. The zero-order valence-corrected chi connectivity index (χ0v) is 10.6. The third kappa shape index (κ3) is 1.76. The van der Waals surface area contributed by atoms with Crippen molar-refractivity contribution in [2.24, 2.45) is 0 Å². The molecule has 1 aromatic carbocycles. The van der Waals surface area contributed by atoms with Gasteiger partial charge in [0.15, 0.2) is 11.5 Å². The van der Waals surface area contributed by atoms with Crippen molar-refractivity contribution >= 4 is 17.5 Å². The number of ether oxygens (including phenoxy) is 1. The third-order valence-electron chi connectivity index (χ3n) is 2.93. The molecule has 1 aliphatic rings. The first kappa shape index (κ1) is 11.7. The summed E-state index contributed by atoms with van der Waals surface area (Å²) in [5, 5.41) is 0. The van der Waals surface area contributed by atoms with Crippen LogP contribution >= 0.6 is 0 Å². The Kier molecular flexibility index (Phi) is 2.35. The number of nitrogens with two attached hydrogens (primary N) is 1. The highest BCUT2D eigenvalue weighted by atomic mass is 19.1. The van der Waals surface area contributed by atoms with Crippen molar-refractivity contribution in [2.75, 3.05) is 10.6 Å². The molecule has 0 amide bonds. The van der Waals surface area contributed by atoms with Crippen molar-refractivity contribution in [3.05, 3.63) is 36.1 Å². The minimum absolute atomic E-state index is 0.111. The van der Waals surface area contributed by atoms with E-state index in [1.165, 1.54) is 0 Å². The van der Waals surface area contributed by atoms with Crippen LogP contribution in [0.15, 0.2) is 30.3 Å². The first-order valence-electron chi connectivity index (χ1n) is 5.86. The minimum atomic E-state index is -0.796. The Morgan fingerprint density at radius 2 is 1.89 bits per heavy atom. The van der Waals surface area contributed by atoms with Gasteiger partial charge in [-0.25, -0.2) is 0 Å². The number of aromatic nitrogens is 2. The number of fused-ring (bicyclic) bond motifs is 2. The van der Waals surface area contributed by atoms with Crippen molar-refractivity contribution in [3.63, 3.8) is 0 Å². The smallest absolute Gasteiger partial charge is 0.259 e. The van der Waals surface area contributed by atoms with Gasteiger partial charge in [-0.3, -0.25) is 4.90 Å². The van der Waals surface area contributed by atoms with Crippen LogP contribution < -0.4 is 15.4 Å². The SMILES string of the molecule is CC1(C)Oc2nc(nc(N)c2F)N1c1ccccc1. The van der Waals surface area contributed by atoms with E-state index in [1.807, 2.05) is 44.2 Å². The predicted octanol–water partition coefficient (Wildman–Crippen LogP) is 2.46. The molecule has 19 heavy (non-hydrogen) atoms. The maximum atomic E-state index is 13.7. The highest BCUT2D eigenvalue weighted by Gasteiger charge is 2.39. The topological polar surface area (TPSA) is 64.3 Å². The largest absolute Gasteiger partial charge is 0.449 e. The van der Waals surface area contributed by atoms with Crippen LogP contribution in [0.1, 0.15) is 13.8 Å². The molecule has 0 fully saturated rings. The quantitative estimate of drug-likeness (QED) is 0.853. The number of nitrogen functional groups attached to an aromatic ring is 1. The van der Waals surface area contributed by atoms with Crippen LogP contribution in [0.25, 0.3) is 0 Å². The molecule has 0 spiro atoms. The minimum Gasteiger partial charge on any atom is -0.449 e. The van der Waals surface area contributed by atoms with Crippen molar-refractivity contribution in [1.29, 1.82) is 0 Å². The van der Waals surface area contributed by atoms with Crippen molar-refractivity contribution in [3.8, 4) is 5.88 Å². The van der Waals surface area contributed by atoms with Gasteiger partial charge < -0.3 is 10.5 Å². The lowest BCUT2D eigenvalue weighted by Gasteiger charge is -2.41. The number of benzene rings is 1. The molecule has 98 valence electrons. The van der Waals surface area contributed by atoms with E-state index < -0.39 is 11.5 Å². The normalized spacial score (nSPS) is 16.1. The fourth-order valence-corrected chi connectivity index (χ4v) is 2.13. The van der Waals surface area contributed by atoms with Crippen LogP contribution in [-0.4, -0.2) is 15.7 Å². The van der Waals surface area contributed by atoms with E-state index in [9.17, 15) is 4.39 Å². The second kappa shape index (κ2) is 3.81. The summed E-state index contributed by atoms with van der Waals surface area (Å²) >= 11 is 0. The monoisotopic (exact) mass is 260 g/mol. The van der Waals surface area contributed by atoms with E-state index in [4.69, 9.17) is 10.5 Å². The zero-order valence-electron chi connectivity index (χ0n) is 10.6. The summed E-state index contributed by atoms with van der Waals surface area (Å²) in [5.74, 6) is -0.711.